The first-order valence-corrected chi connectivity index (χ1v) is 9.85. The minimum Gasteiger partial charge on any atom is -0.506 e. The second-order valence-corrected chi connectivity index (χ2v) is 7.17. The van der Waals surface area contributed by atoms with Gasteiger partial charge in [-0.25, -0.2) is 15.0 Å². The van der Waals surface area contributed by atoms with Crippen molar-refractivity contribution >= 4 is 32.8 Å². The van der Waals surface area contributed by atoms with Crippen molar-refractivity contribution in [1.82, 2.24) is 19.5 Å². The molecule has 3 aromatic carbocycles. The number of hydrogen-bond acceptors (Lipinski definition) is 5. The number of aromatic nitrogens is 4. The molecular formula is C25H16N4O2. The van der Waals surface area contributed by atoms with Gasteiger partial charge in [0.2, 0.25) is 5.88 Å². The number of fused-ring (bicyclic) bond motifs is 4. The van der Waals surface area contributed by atoms with Crippen molar-refractivity contribution in [3.63, 3.8) is 0 Å². The fourth-order valence-electron chi connectivity index (χ4n) is 3.92. The van der Waals surface area contributed by atoms with E-state index in [-0.39, 0.29) is 5.75 Å². The Bertz CT molecular complexity index is 1580. The number of aromatic hydroxyl groups is 1. The van der Waals surface area contributed by atoms with E-state index in [1.54, 1.807) is 30.6 Å². The van der Waals surface area contributed by atoms with Crippen LogP contribution in [0, 0.1) is 0 Å². The van der Waals surface area contributed by atoms with E-state index in [1.807, 2.05) is 48.5 Å². The quantitative estimate of drug-likeness (QED) is 0.414. The van der Waals surface area contributed by atoms with Gasteiger partial charge in [-0.15, -0.1) is 0 Å². The minimum atomic E-state index is 0.0705. The second-order valence-electron chi connectivity index (χ2n) is 7.17. The van der Waals surface area contributed by atoms with E-state index in [9.17, 15) is 5.11 Å². The van der Waals surface area contributed by atoms with Crippen molar-refractivity contribution in [2.24, 2.45) is 0 Å². The minimum absolute atomic E-state index is 0.0705. The molecule has 0 fully saturated rings. The molecule has 0 unspecified atom stereocenters. The highest BCUT2D eigenvalue weighted by Crippen LogP contribution is 2.34. The van der Waals surface area contributed by atoms with Crippen molar-refractivity contribution < 1.29 is 9.84 Å². The highest BCUT2D eigenvalue weighted by Gasteiger charge is 2.14. The van der Waals surface area contributed by atoms with Crippen molar-refractivity contribution in [1.29, 1.82) is 0 Å². The number of nitrogens with zero attached hydrogens (tertiary/aromatic N) is 4. The van der Waals surface area contributed by atoms with Crippen LogP contribution in [0.3, 0.4) is 0 Å². The molecule has 0 radical (unpaired) electrons. The predicted molar refractivity (Wildman–Crippen MR) is 120 cm³/mol. The van der Waals surface area contributed by atoms with Gasteiger partial charge < -0.3 is 9.84 Å². The number of benzene rings is 3. The zero-order valence-corrected chi connectivity index (χ0v) is 16.3. The number of phenols is 1. The largest absolute Gasteiger partial charge is 0.506 e. The molecule has 6 nitrogen and oxygen atoms in total. The molecule has 0 saturated carbocycles. The first kappa shape index (κ1) is 17.4. The van der Waals surface area contributed by atoms with Gasteiger partial charge in [-0.1, -0.05) is 30.3 Å². The molecule has 0 aliphatic rings. The number of hydrogen-bond donors (Lipinski definition) is 1. The average Bonchev–Trinajstić information content (AvgIpc) is 3.14. The van der Waals surface area contributed by atoms with Crippen LogP contribution in [0.5, 0.6) is 17.4 Å². The summed E-state index contributed by atoms with van der Waals surface area (Å²) in [7, 11) is 0. The van der Waals surface area contributed by atoms with E-state index in [2.05, 4.69) is 31.7 Å². The molecule has 0 aliphatic heterocycles. The predicted octanol–water partition coefficient (Wildman–Crippen LogP) is 5.62. The molecule has 6 aromatic rings. The van der Waals surface area contributed by atoms with Crippen LogP contribution in [0.1, 0.15) is 0 Å². The summed E-state index contributed by atoms with van der Waals surface area (Å²) in [6.45, 7) is 0. The SMILES string of the molecule is Oc1cccc2ncc(Oc3ccc4c5ccccc5n(-c5ccccn5)c4c3)nc12. The molecule has 6 rings (SSSR count). The van der Waals surface area contributed by atoms with E-state index >= 15 is 0 Å². The summed E-state index contributed by atoms with van der Waals surface area (Å²) in [5, 5.41) is 12.3. The molecule has 1 N–H and O–H groups in total. The van der Waals surface area contributed by atoms with Gasteiger partial charge in [0.1, 0.15) is 22.8 Å². The average molecular weight is 404 g/mol. The Morgan fingerprint density at radius 3 is 2.55 bits per heavy atom. The Morgan fingerprint density at radius 2 is 1.65 bits per heavy atom. The van der Waals surface area contributed by atoms with E-state index in [4.69, 9.17) is 4.74 Å². The van der Waals surface area contributed by atoms with Crippen LogP contribution in [-0.2, 0) is 0 Å². The van der Waals surface area contributed by atoms with Gasteiger partial charge in [0.05, 0.1) is 22.7 Å². The molecule has 0 aliphatic carbocycles. The van der Waals surface area contributed by atoms with Gasteiger partial charge in [0.25, 0.3) is 0 Å². The lowest BCUT2D eigenvalue weighted by Crippen LogP contribution is -1.96. The lowest BCUT2D eigenvalue weighted by Gasteiger charge is -2.09. The van der Waals surface area contributed by atoms with Crippen LogP contribution in [0.2, 0.25) is 0 Å². The fraction of sp³-hybridized carbons (Fsp3) is 0. The second kappa shape index (κ2) is 6.81. The zero-order valence-electron chi connectivity index (χ0n) is 16.3. The van der Waals surface area contributed by atoms with Crippen LogP contribution < -0.4 is 4.74 Å². The van der Waals surface area contributed by atoms with Gasteiger partial charge in [-0.2, -0.15) is 0 Å². The van der Waals surface area contributed by atoms with Gasteiger partial charge >= 0.3 is 0 Å². The Kier molecular flexibility index (Phi) is 3.83. The van der Waals surface area contributed by atoms with Crippen LogP contribution in [0.15, 0.2) is 91.3 Å². The zero-order chi connectivity index (χ0) is 20.8. The summed E-state index contributed by atoms with van der Waals surface area (Å²) in [5.41, 5.74) is 3.07. The van der Waals surface area contributed by atoms with E-state index in [0.717, 1.165) is 27.6 Å². The lowest BCUT2D eigenvalue weighted by atomic mass is 10.1. The Labute approximate surface area is 177 Å². The summed E-state index contributed by atoms with van der Waals surface area (Å²) < 4.78 is 8.14. The monoisotopic (exact) mass is 404 g/mol. The van der Waals surface area contributed by atoms with Crippen molar-refractivity contribution in [2.45, 2.75) is 0 Å². The van der Waals surface area contributed by atoms with Crippen LogP contribution in [-0.4, -0.2) is 24.6 Å². The first-order valence-electron chi connectivity index (χ1n) is 9.85. The molecule has 0 amide bonds. The Balaban J connectivity index is 1.51. The number of rotatable bonds is 3. The summed E-state index contributed by atoms with van der Waals surface area (Å²) in [6.07, 6.45) is 3.34. The Morgan fingerprint density at radius 1 is 0.774 bits per heavy atom. The summed E-state index contributed by atoms with van der Waals surface area (Å²) in [5.74, 6) is 1.84. The third kappa shape index (κ3) is 2.85. The third-order valence-corrected chi connectivity index (χ3v) is 5.28. The smallest absolute Gasteiger partial charge is 0.238 e. The number of para-hydroxylation sites is 2. The molecule has 0 spiro atoms. The molecule has 148 valence electrons. The third-order valence-electron chi connectivity index (χ3n) is 5.28. The van der Waals surface area contributed by atoms with E-state index in [0.29, 0.717) is 22.7 Å². The molecule has 0 bridgehead atoms. The molecule has 31 heavy (non-hydrogen) atoms. The highest BCUT2D eigenvalue weighted by atomic mass is 16.5. The standard InChI is InChI=1S/C25H16N4O2/c30-22-9-5-7-19-25(22)28-24(15-27-19)31-16-11-12-18-17-6-1-2-8-20(17)29(21(18)14-16)23-10-3-4-13-26-23/h1-15,30H. The van der Waals surface area contributed by atoms with Gasteiger partial charge in [-0.3, -0.25) is 4.57 Å². The molecule has 0 saturated heterocycles. The molecular weight excluding hydrogens is 388 g/mol. The van der Waals surface area contributed by atoms with Gasteiger partial charge in [-0.05, 0) is 42.5 Å². The van der Waals surface area contributed by atoms with Crippen molar-refractivity contribution in [3.8, 4) is 23.2 Å². The van der Waals surface area contributed by atoms with Crippen LogP contribution >= 0.6 is 0 Å². The number of pyridine rings is 1. The maximum absolute atomic E-state index is 10.1. The maximum Gasteiger partial charge on any atom is 0.238 e. The van der Waals surface area contributed by atoms with Crippen molar-refractivity contribution in [3.05, 3.63) is 91.3 Å². The Hall–Kier alpha value is -4.45. The van der Waals surface area contributed by atoms with Crippen molar-refractivity contribution in [2.75, 3.05) is 0 Å². The van der Waals surface area contributed by atoms with Gasteiger partial charge in [0.15, 0.2) is 0 Å². The summed E-state index contributed by atoms with van der Waals surface area (Å²) in [6, 6.07) is 25.1. The summed E-state index contributed by atoms with van der Waals surface area (Å²) >= 11 is 0. The number of phenolic OH excluding ortho intramolecular Hbond substituents is 1. The molecule has 3 aromatic heterocycles. The van der Waals surface area contributed by atoms with E-state index < -0.39 is 0 Å². The molecule has 3 heterocycles. The van der Waals surface area contributed by atoms with Crippen LogP contribution in [0.4, 0.5) is 0 Å². The number of ether oxygens (including phenoxy) is 1. The summed E-state index contributed by atoms with van der Waals surface area (Å²) in [4.78, 5) is 13.3. The molecule has 0 atom stereocenters. The maximum atomic E-state index is 10.1. The van der Waals surface area contributed by atoms with E-state index in [1.165, 1.54) is 0 Å². The first-order chi connectivity index (χ1) is 15.3. The molecule has 6 heteroatoms. The lowest BCUT2D eigenvalue weighted by molar-refractivity contribution is 0.458. The van der Waals surface area contributed by atoms with Gasteiger partial charge in [0, 0.05) is 23.0 Å². The topological polar surface area (TPSA) is 73.1 Å². The fourth-order valence-corrected chi connectivity index (χ4v) is 3.92. The highest BCUT2D eigenvalue weighted by molar-refractivity contribution is 6.09. The normalized spacial score (nSPS) is 11.4. The van der Waals surface area contributed by atoms with Crippen LogP contribution in [0.25, 0.3) is 38.7 Å².